The summed E-state index contributed by atoms with van der Waals surface area (Å²) < 4.78 is 29.6. The first-order valence-electron chi connectivity index (χ1n) is 16.1. The van der Waals surface area contributed by atoms with E-state index >= 15 is 0 Å². The number of ether oxygens (including phenoxy) is 5. The maximum Gasteiger partial charge on any atom is 0.305 e. The van der Waals surface area contributed by atoms with Crippen LogP contribution in [0.25, 0.3) is 0 Å². The number of hydrogen-bond donors (Lipinski definition) is 1. The Kier molecular flexibility index (Phi) is 15.8. The van der Waals surface area contributed by atoms with Crippen LogP contribution in [0.3, 0.4) is 0 Å². The van der Waals surface area contributed by atoms with Gasteiger partial charge in [-0.15, -0.1) is 0 Å². The number of hydrogen-bond acceptors (Lipinski definition) is 7. The van der Waals surface area contributed by atoms with Crippen LogP contribution in [0, 0.1) is 17.8 Å². The van der Waals surface area contributed by atoms with Crippen molar-refractivity contribution in [3.8, 4) is 0 Å². The number of esters is 1. The normalized spacial score (nSPS) is 31.1. The minimum absolute atomic E-state index is 0.0196. The summed E-state index contributed by atoms with van der Waals surface area (Å²) in [5.74, 6) is 0.531. The largest absolute Gasteiger partial charge is 0.469 e. The van der Waals surface area contributed by atoms with Crippen LogP contribution in [0.5, 0.6) is 0 Å². The van der Waals surface area contributed by atoms with Crippen LogP contribution in [-0.2, 0) is 28.5 Å². The first kappa shape index (κ1) is 33.3. The van der Waals surface area contributed by atoms with Crippen LogP contribution in [0.15, 0.2) is 24.3 Å². The Bertz CT molecular complexity index is 741. The first-order chi connectivity index (χ1) is 19.5. The van der Waals surface area contributed by atoms with Crippen molar-refractivity contribution in [1.29, 1.82) is 0 Å². The fraction of sp³-hybridized carbons (Fsp3) is 0.848. The molecule has 3 rings (SSSR count). The average molecular weight is 565 g/mol. The smallest absolute Gasteiger partial charge is 0.305 e. The molecule has 8 atom stereocenters. The monoisotopic (exact) mass is 564 g/mol. The summed E-state index contributed by atoms with van der Waals surface area (Å²) in [6.07, 6.45) is 22.2. The predicted molar refractivity (Wildman–Crippen MR) is 157 cm³/mol. The molecule has 2 heterocycles. The van der Waals surface area contributed by atoms with E-state index in [-0.39, 0.29) is 42.6 Å². The van der Waals surface area contributed by atoms with Gasteiger partial charge in [0.1, 0.15) is 0 Å². The van der Waals surface area contributed by atoms with Gasteiger partial charge in [-0.2, -0.15) is 0 Å². The molecule has 0 aromatic carbocycles. The van der Waals surface area contributed by atoms with Gasteiger partial charge in [0, 0.05) is 32.0 Å². The molecule has 0 radical (unpaired) electrons. The Balaban J connectivity index is 1.69. The van der Waals surface area contributed by atoms with E-state index in [0.29, 0.717) is 18.8 Å². The number of carbonyl (C=O) groups excluding carboxylic acids is 1. The predicted octanol–water partition coefficient (Wildman–Crippen LogP) is 6.87. The third-order valence-corrected chi connectivity index (χ3v) is 8.61. The van der Waals surface area contributed by atoms with Gasteiger partial charge in [-0.3, -0.25) is 4.79 Å². The van der Waals surface area contributed by atoms with E-state index in [1.807, 2.05) is 0 Å². The van der Waals surface area contributed by atoms with Gasteiger partial charge in [-0.05, 0) is 76.0 Å². The van der Waals surface area contributed by atoms with Gasteiger partial charge in [0.05, 0.1) is 25.4 Å². The van der Waals surface area contributed by atoms with Crippen molar-refractivity contribution in [2.24, 2.45) is 17.8 Å². The molecule has 1 saturated carbocycles. The highest BCUT2D eigenvalue weighted by Gasteiger charge is 2.42. The summed E-state index contributed by atoms with van der Waals surface area (Å²) >= 11 is 0. The van der Waals surface area contributed by atoms with E-state index in [2.05, 4.69) is 38.2 Å². The van der Waals surface area contributed by atoms with E-state index in [1.54, 1.807) is 0 Å². The molecule has 2 saturated heterocycles. The number of methoxy groups -OCH3 is 1. The van der Waals surface area contributed by atoms with Gasteiger partial charge < -0.3 is 28.8 Å². The summed E-state index contributed by atoms with van der Waals surface area (Å²) in [5, 5.41) is 11.1. The van der Waals surface area contributed by atoms with Crippen molar-refractivity contribution in [1.82, 2.24) is 0 Å². The van der Waals surface area contributed by atoms with Gasteiger partial charge in [-0.1, -0.05) is 57.4 Å². The highest BCUT2D eigenvalue weighted by atomic mass is 16.7. The molecule has 7 nitrogen and oxygen atoms in total. The molecule has 0 aromatic heterocycles. The number of carbonyl (C=O) groups is 1. The molecular formula is C33H56O7. The molecule has 0 spiro atoms. The van der Waals surface area contributed by atoms with E-state index in [4.69, 9.17) is 23.7 Å². The van der Waals surface area contributed by atoms with Crippen molar-refractivity contribution < 1.29 is 33.6 Å². The summed E-state index contributed by atoms with van der Waals surface area (Å²) in [7, 11) is 1.42. The van der Waals surface area contributed by atoms with Crippen LogP contribution in [0.4, 0.5) is 0 Å². The van der Waals surface area contributed by atoms with Crippen molar-refractivity contribution in [3.05, 3.63) is 24.3 Å². The maximum absolute atomic E-state index is 11.4. The SMILES string of the molecule is CCCC[C@H](C)CC(C=C[C@@H]1[C@@H](CC=CCCCC(=O)OC)[C@@H](O)C[C@H]1OC1CCCCO1)OC1CCCCO1. The Labute approximate surface area is 243 Å². The zero-order valence-corrected chi connectivity index (χ0v) is 25.3. The van der Waals surface area contributed by atoms with Crippen LogP contribution >= 0.6 is 0 Å². The van der Waals surface area contributed by atoms with Crippen LogP contribution in [0.1, 0.15) is 110 Å². The van der Waals surface area contributed by atoms with E-state index in [0.717, 1.165) is 77.4 Å². The molecular weight excluding hydrogens is 508 g/mol. The minimum Gasteiger partial charge on any atom is -0.469 e. The zero-order valence-electron chi connectivity index (χ0n) is 25.3. The molecule has 7 heteroatoms. The van der Waals surface area contributed by atoms with E-state index in [1.165, 1.54) is 26.4 Å². The van der Waals surface area contributed by atoms with E-state index in [9.17, 15) is 9.90 Å². The lowest BCUT2D eigenvalue weighted by atomic mass is 9.89. The standard InChI is InChI=1S/C33H56O7/c1-4-5-14-25(2)23-26(39-32-17-10-12-21-37-32)19-20-28-27(15-8-6-7-9-16-31(35)36-3)29(34)24-30(28)40-33-18-11-13-22-38-33/h6,8,19-20,25-30,32-34H,4-5,7,9-18,21-24H2,1-3H3/t25-,26?,27+,28+,29-,30+,32?,33?/m0/s1. The van der Waals surface area contributed by atoms with Crippen molar-refractivity contribution in [2.75, 3.05) is 20.3 Å². The highest BCUT2D eigenvalue weighted by molar-refractivity contribution is 5.69. The summed E-state index contributed by atoms with van der Waals surface area (Å²) in [6, 6.07) is 0. The second-order valence-electron chi connectivity index (χ2n) is 12.0. The Morgan fingerprint density at radius 3 is 2.48 bits per heavy atom. The molecule has 1 N–H and O–H groups in total. The van der Waals surface area contributed by atoms with Crippen LogP contribution in [-0.4, -0.2) is 62.3 Å². The maximum atomic E-state index is 11.4. The van der Waals surface area contributed by atoms with Gasteiger partial charge >= 0.3 is 5.97 Å². The topological polar surface area (TPSA) is 83.5 Å². The minimum atomic E-state index is -0.438. The lowest BCUT2D eigenvalue weighted by Gasteiger charge is -2.30. The van der Waals surface area contributed by atoms with Gasteiger partial charge in [0.15, 0.2) is 12.6 Å². The van der Waals surface area contributed by atoms with Gasteiger partial charge in [0.2, 0.25) is 0 Å². The number of aliphatic hydroxyl groups is 1. The Morgan fingerprint density at radius 2 is 1.80 bits per heavy atom. The molecule has 3 unspecified atom stereocenters. The third kappa shape index (κ3) is 11.9. The Hall–Kier alpha value is -1.25. The molecule has 0 bridgehead atoms. The fourth-order valence-corrected chi connectivity index (χ4v) is 6.19. The second-order valence-corrected chi connectivity index (χ2v) is 12.0. The summed E-state index contributed by atoms with van der Waals surface area (Å²) in [4.78, 5) is 11.4. The van der Waals surface area contributed by atoms with Crippen molar-refractivity contribution in [2.45, 2.75) is 141 Å². The Morgan fingerprint density at radius 1 is 1.05 bits per heavy atom. The van der Waals surface area contributed by atoms with Crippen molar-refractivity contribution in [3.63, 3.8) is 0 Å². The van der Waals surface area contributed by atoms with Crippen LogP contribution < -0.4 is 0 Å². The molecule has 3 aliphatic rings. The molecule has 1 aliphatic carbocycles. The lowest BCUT2D eigenvalue weighted by Crippen LogP contribution is -2.31. The van der Waals surface area contributed by atoms with Crippen molar-refractivity contribution >= 4 is 5.97 Å². The summed E-state index contributed by atoms with van der Waals surface area (Å²) in [5.41, 5.74) is 0. The molecule has 2 aliphatic heterocycles. The highest BCUT2D eigenvalue weighted by Crippen LogP contribution is 2.40. The first-order valence-corrected chi connectivity index (χ1v) is 16.1. The average Bonchev–Trinajstić information content (AvgIpc) is 3.26. The molecule has 0 aromatic rings. The fourth-order valence-electron chi connectivity index (χ4n) is 6.19. The van der Waals surface area contributed by atoms with E-state index < -0.39 is 6.10 Å². The molecule has 3 fully saturated rings. The zero-order chi connectivity index (χ0) is 28.6. The number of rotatable bonds is 17. The molecule has 0 amide bonds. The second kappa shape index (κ2) is 19.0. The lowest BCUT2D eigenvalue weighted by molar-refractivity contribution is -0.193. The third-order valence-electron chi connectivity index (χ3n) is 8.61. The van der Waals surface area contributed by atoms with Gasteiger partial charge in [-0.25, -0.2) is 0 Å². The molecule has 40 heavy (non-hydrogen) atoms. The summed E-state index contributed by atoms with van der Waals surface area (Å²) in [6.45, 7) is 6.07. The number of aliphatic hydroxyl groups excluding tert-OH is 1. The van der Waals surface area contributed by atoms with Gasteiger partial charge in [0.25, 0.3) is 0 Å². The molecule has 230 valence electrons. The van der Waals surface area contributed by atoms with Crippen LogP contribution in [0.2, 0.25) is 0 Å². The number of allylic oxidation sites excluding steroid dienone is 2. The quantitative estimate of drug-likeness (QED) is 0.117. The number of unbranched alkanes of at least 4 members (excludes halogenated alkanes) is 2.